The second-order valence-corrected chi connectivity index (χ2v) is 15.2. The van der Waals surface area contributed by atoms with E-state index in [-0.39, 0.29) is 44.3 Å². The fraction of sp³-hybridized carbons (Fsp3) is 0.350. The quantitative estimate of drug-likeness (QED) is 0.0633. The van der Waals surface area contributed by atoms with Gasteiger partial charge in [0.1, 0.15) is 12.0 Å². The molecule has 1 aliphatic carbocycles. The van der Waals surface area contributed by atoms with Crippen molar-refractivity contribution in [1.82, 2.24) is 10.6 Å². The minimum Gasteiger partial charge on any atom is -0.350 e. The average Bonchev–Trinajstić information content (AvgIpc) is 3.44. The number of unbranched alkanes of at least 4 members (excludes halogenated alkanes) is 2. The molecule has 2 amide bonds. The van der Waals surface area contributed by atoms with Gasteiger partial charge >= 0.3 is 19.9 Å². The van der Waals surface area contributed by atoms with E-state index < -0.39 is 49.3 Å². The zero-order valence-corrected chi connectivity index (χ0v) is 30.5. The average molecular weight is 775 g/mol. The van der Waals surface area contributed by atoms with Crippen LogP contribution in [0.3, 0.4) is 0 Å². The number of hydrogen-bond donors (Lipinski definition) is 2. The van der Waals surface area contributed by atoms with Crippen molar-refractivity contribution in [1.29, 1.82) is 0 Å². The molecule has 0 saturated heterocycles. The Hall–Kier alpha value is -4.45. The third-order valence-electron chi connectivity index (χ3n) is 9.29. The zero-order valence-electron chi connectivity index (χ0n) is 29.6. The van der Waals surface area contributed by atoms with E-state index in [9.17, 15) is 40.5 Å². The molecule has 1 aliphatic rings. The largest absolute Gasteiger partial charge is 0.416 e. The van der Waals surface area contributed by atoms with E-state index in [0.717, 1.165) is 29.7 Å². The smallest absolute Gasteiger partial charge is 0.350 e. The molecular weight excluding hydrogens is 733 g/mol. The topological polar surface area (TPSA) is 93.7 Å². The summed E-state index contributed by atoms with van der Waals surface area (Å²) in [5.74, 6) is -1.28. The first-order chi connectivity index (χ1) is 25.7. The molecule has 2 N–H and O–H groups in total. The van der Waals surface area contributed by atoms with Gasteiger partial charge in [0.2, 0.25) is 5.91 Å². The summed E-state index contributed by atoms with van der Waals surface area (Å²) in [6, 6.07) is 25.2. The number of hydrogen-bond acceptors (Lipinski definition) is 5. The van der Waals surface area contributed by atoms with Gasteiger partial charge in [-0.25, -0.2) is 0 Å². The summed E-state index contributed by atoms with van der Waals surface area (Å²) in [6.45, 7) is 0.377. The van der Waals surface area contributed by atoms with Crippen molar-refractivity contribution < 1.29 is 49.5 Å². The van der Waals surface area contributed by atoms with Crippen molar-refractivity contribution in [3.8, 4) is 22.3 Å². The summed E-state index contributed by atoms with van der Waals surface area (Å²) in [4.78, 5) is 27.0. The first kappa shape index (κ1) is 40.7. The number of alkyl halides is 6. The fourth-order valence-electron chi connectivity index (χ4n) is 6.71. The van der Waals surface area contributed by atoms with Crippen LogP contribution in [-0.2, 0) is 30.0 Å². The number of carbonyl (C=O) groups excluding carboxylic acids is 2. The van der Waals surface area contributed by atoms with Crippen molar-refractivity contribution in [3.05, 3.63) is 119 Å². The van der Waals surface area contributed by atoms with E-state index in [0.29, 0.717) is 35.1 Å². The Morgan fingerprint density at radius 1 is 0.704 bits per heavy atom. The van der Waals surface area contributed by atoms with Gasteiger partial charge in [-0.05, 0) is 70.8 Å². The molecule has 1 atom stereocenters. The summed E-state index contributed by atoms with van der Waals surface area (Å²) in [5, 5.41) is 4.81. The van der Waals surface area contributed by atoms with Gasteiger partial charge in [0.05, 0.1) is 24.9 Å². The highest BCUT2D eigenvalue weighted by Crippen LogP contribution is 2.53. The van der Waals surface area contributed by atoms with E-state index in [2.05, 4.69) is 10.6 Å². The van der Waals surface area contributed by atoms with Crippen LogP contribution in [0.5, 0.6) is 0 Å². The van der Waals surface area contributed by atoms with Gasteiger partial charge < -0.3 is 19.7 Å². The van der Waals surface area contributed by atoms with Crippen LogP contribution in [-0.4, -0.2) is 50.5 Å². The molecule has 4 aromatic carbocycles. The first-order valence-corrected chi connectivity index (χ1v) is 19.4. The molecule has 4 aromatic rings. The standard InChI is InChI=1S/C40H41F6N2O5P/c1-2-3-24-52-54(51,53-25-23-47-36(49)33-15-5-4-12-30(33)28-18-20-29(21-19-28)40(44,45)46)26-11-10-22-38(37(50)48-27-39(41,42)43)34-16-8-6-13-31(34)32-14-7-9-17-35(32)38/h4-9,12-21H,2-3,10-11,22-27H2,1H3,(H,47,49)(H,48,50). The minimum atomic E-state index is -4.61. The van der Waals surface area contributed by atoms with E-state index in [4.69, 9.17) is 9.05 Å². The lowest BCUT2D eigenvalue weighted by molar-refractivity contribution is -0.141. The summed E-state index contributed by atoms with van der Waals surface area (Å²) in [5.41, 5.74) is 1.57. The lowest BCUT2D eigenvalue weighted by Gasteiger charge is -2.31. The third kappa shape index (κ3) is 9.61. The van der Waals surface area contributed by atoms with Gasteiger partial charge in [-0.2, -0.15) is 26.3 Å². The molecule has 0 fully saturated rings. The van der Waals surface area contributed by atoms with Crippen molar-refractivity contribution in [3.63, 3.8) is 0 Å². The summed E-state index contributed by atoms with van der Waals surface area (Å²) in [7, 11) is -3.72. The highest BCUT2D eigenvalue weighted by Gasteiger charge is 2.49. The maximum absolute atomic E-state index is 13.9. The van der Waals surface area contributed by atoms with Crippen molar-refractivity contribution in [2.45, 2.75) is 56.8 Å². The minimum absolute atomic E-state index is 0.0367. The van der Waals surface area contributed by atoms with Crippen molar-refractivity contribution in [2.75, 3.05) is 32.5 Å². The summed E-state index contributed by atoms with van der Waals surface area (Å²) < 4.78 is 104. The van der Waals surface area contributed by atoms with Crippen LogP contribution in [0.2, 0.25) is 0 Å². The van der Waals surface area contributed by atoms with Crippen LogP contribution in [0, 0.1) is 0 Å². The molecule has 0 aliphatic heterocycles. The number of nitrogens with one attached hydrogen (secondary N) is 2. The molecule has 0 heterocycles. The Bertz CT molecular complexity index is 1920. The van der Waals surface area contributed by atoms with Gasteiger partial charge in [-0.1, -0.05) is 98.6 Å². The number of rotatable bonds is 17. The van der Waals surface area contributed by atoms with E-state index >= 15 is 0 Å². The van der Waals surface area contributed by atoms with Crippen molar-refractivity contribution in [2.24, 2.45) is 0 Å². The third-order valence-corrected chi connectivity index (χ3v) is 11.3. The SMILES string of the molecule is CCCCOP(=O)(CCCCC1(C(=O)NCC(F)(F)F)c2ccccc2-c2ccccc21)OCCNC(=O)c1ccccc1-c1ccc(C(F)(F)F)cc1. The molecule has 0 saturated carbocycles. The van der Waals surface area contributed by atoms with Gasteiger partial charge in [-0.3, -0.25) is 14.2 Å². The maximum Gasteiger partial charge on any atom is 0.416 e. The maximum atomic E-state index is 13.9. The number of amides is 2. The molecule has 14 heteroatoms. The number of fused-ring (bicyclic) bond motifs is 3. The molecule has 0 bridgehead atoms. The zero-order chi connectivity index (χ0) is 39.0. The van der Waals surface area contributed by atoms with E-state index in [1.165, 1.54) is 12.1 Å². The van der Waals surface area contributed by atoms with Crippen LogP contribution < -0.4 is 10.6 Å². The second kappa shape index (κ2) is 17.3. The van der Waals surface area contributed by atoms with E-state index in [1.807, 2.05) is 19.1 Å². The molecule has 5 rings (SSSR count). The first-order valence-electron chi connectivity index (χ1n) is 17.7. The number of carbonyl (C=O) groups is 2. The molecule has 0 radical (unpaired) electrons. The van der Waals surface area contributed by atoms with Gasteiger partial charge in [0.15, 0.2) is 0 Å². The Balaban J connectivity index is 1.24. The molecule has 288 valence electrons. The number of halogens is 6. The Labute approximate surface area is 310 Å². The summed E-state index contributed by atoms with van der Waals surface area (Å²) in [6.07, 6.45) is -7.08. The van der Waals surface area contributed by atoms with Crippen LogP contribution in [0.1, 0.15) is 66.1 Å². The van der Waals surface area contributed by atoms with E-state index in [1.54, 1.807) is 60.7 Å². The molecule has 0 aromatic heterocycles. The molecule has 7 nitrogen and oxygen atoms in total. The highest BCUT2D eigenvalue weighted by atomic mass is 31.2. The lowest BCUT2D eigenvalue weighted by Crippen LogP contribution is -2.47. The van der Waals surface area contributed by atoms with Crippen LogP contribution in [0.4, 0.5) is 26.3 Å². The van der Waals surface area contributed by atoms with Crippen LogP contribution in [0.15, 0.2) is 97.1 Å². The monoisotopic (exact) mass is 774 g/mol. The lowest BCUT2D eigenvalue weighted by atomic mass is 9.73. The van der Waals surface area contributed by atoms with Crippen molar-refractivity contribution >= 4 is 19.4 Å². The molecular formula is C40H41F6N2O5P. The van der Waals surface area contributed by atoms with Gasteiger partial charge in [0, 0.05) is 12.1 Å². The second-order valence-electron chi connectivity index (χ2n) is 13.0. The Kier molecular flexibility index (Phi) is 13.1. The predicted octanol–water partition coefficient (Wildman–Crippen LogP) is 9.94. The molecule has 0 spiro atoms. The van der Waals surface area contributed by atoms with Crippen LogP contribution >= 0.6 is 7.60 Å². The number of benzene rings is 4. The Morgan fingerprint density at radius 2 is 1.28 bits per heavy atom. The van der Waals surface area contributed by atoms with Gasteiger partial charge in [0.25, 0.3) is 5.91 Å². The molecule has 1 unspecified atom stereocenters. The van der Waals surface area contributed by atoms with Crippen LogP contribution in [0.25, 0.3) is 22.3 Å². The fourth-order valence-corrected chi connectivity index (χ4v) is 8.43. The molecule has 54 heavy (non-hydrogen) atoms. The highest BCUT2D eigenvalue weighted by molar-refractivity contribution is 7.53. The Morgan fingerprint density at radius 3 is 1.87 bits per heavy atom. The summed E-state index contributed by atoms with van der Waals surface area (Å²) >= 11 is 0. The predicted molar refractivity (Wildman–Crippen MR) is 194 cm³/mol. The van der Waals surface area contributed by atoms with Gasteiger partial charge in [-0.15, -0.1) is 0 Å². The normalized spacial score (nSPS) is 14.5.